The molecule has 3 aromatic rings. The number of benzene rings is 1. The monoisotopic (exact) mass is 456 g/mol. The third-order valence-corrected chi connectivity index (χ3v) is 5.39. The minimum absolute atomic E-state index is 0.151. The summed E-state index contributed by atoms with van der Waals surface area (Å²) in [5.74, 6) is -3.26. The third-order valence-electron chi connectivity index (χ3n) is 4.69. The quantitative estimate of drug-likeness (QED) is 0.471. The molecule has 11 nitrogen and oxygen atoms in total. The Labute approximate surface area is 173 Å². The molecule has 0 radical (unpaired) electrons. The molecule has 0 aliphatic carbocycles. The molecule has 0 bridgehead atoms. The van der Waals surface area contributed by atoms with Crippen LogP contribution in [0, 0.1) is 0 Å². The van der Waals surface area contributed by atoms with Crippen LogP contribution in [0.4, 0.5) is 14.7 Å². The van der Waals surface area contributed by atoms with Gasteiger partial charge >= 0.3 is 8.25 Å². The molecule has 0 spiro atoms. The molecule has 0 saturated carbocycles. The Morgan fingerprint density at radius 2 is 2.13 bits per heavy atom. The number of ether oxygens (including phenoxy) is 1. The number of nitrogens with two attached hydrogens (primary N) is 1. The van der Waals surface area contributed by atoms with E-state index in [9.17, 15) is 18.9 Å². The van der Waals surface area contributed by atoms with Gasteiger partial charge in [0.2, 0.25) is 5.95 Å². The van der Waals surface area contributed by atoms with E-state index in [1.54, 1.807) is 18.2 Å². The van der Waals surface area contributed by atoms with Crippen LogP contribution in [-0.4, -0.2) is 48.9 Å². The predicted octanol–water partition coefficient (Wildman–Crippen LogP) is 1.74. The molecule has 1 aromatic carbocycles. The second-order valence-electron chi connectivity index (χ2n) is 7.02. The van der Waals surface area contributed by atoms with Gasteiger partial charge in [-0.2, -0.15) is 4.98 Å². The lowest BCUT2D eigenvalue weighted by atomic mass is 9.97. The first-order chi connectivity index (χ1) is 14.6. The van der Waals surface area contributed by atoms with E-state index in [0.717, 1.165) is 17.8 Å². The SMILES string of the molecule is C[C@]1(O)[C@H](n2cnc3c(=O)[nH]c(N)nc32)O[C@](F)(CO[P+](=O)Oc2ccccc2)[C@H]1F. The lowest BCUT2D eigenvalue weighted by Gasteiger charge is -2.25. The molecule has 1 aliphatic rings. The first-order valence-corrected chi connectivity index (χ1v) is 10.00. The number of halogens is 2. The third kappa shape index (κ3) is 3.76. The van der Waals surface area contributed by atoms with Crippen molar-refractivity contribution >= 4 is 25.4 Å². The highest BCUT2D eigenvalue weighted by Gasteiger charge is 2.65. The maximum atomic E-state index is 15.3. The first-order valence-electron chi connectivity index (χ1n) is 8.90. The maximum absolute atomic E-state index is 15.3. The van der Waals surface area contributed by atoms with E-state index in [0.29, 0.717) is 0 Å². The summed E-state index contributed by atoms with van der Waals surface area (Å²) in [6, 6.07) is 7.94. The number of anilines is 1. The van der Waals surface area contributed by atoms with E-state index in [2.05, 4.69) is 15.0 Å². The topological polar surface area (TPSA) is 155 Å². The normalized spacial score (nSPS) is 28.7. The van der Waals surface area contributed by atoms with Crippen LogP contribution in [0.15, 0.2) is 41.5 Å². The largest absolute Gasteiger partial charge is 0.750 e. The van der Waals surface area contributed by atoms with E-state index in [1.165, 1.54) is 12.1 Å². The van der Waals surface area contributed by atoms with Crippen LogP contribution in [0.5, 0.6) is 5.75 Å². The zero-order chi connectivity index (χ0) is 22.4. The Morgan fingerprint density at radius 1 is 1.42 bits per heavy atom. The van der Waals surface area contributed by atoms with Gasteiger partial charge in [-0.05, 0) is 19.1 Å². The van der Waals surface area contributed by atoms with Gasteiger partial charge in [0.1, 0.15) is 5.60 Å². The summed E-state index contributed by atoms with van der Waals surface area (Å²) in [5.41, 5.74) is 2.08. The average Bonchev–Trinajstić information content (AvgIpc) is 3.21. The van der Waals surface area contributed by atoms with Gasteiger partial charge in [0.05, 0.1) is 6.33 Å². The van der Waals surface area contributed by atoms with Crippen molar-refractivity contribution in [3.05, 3.63) is 47.0 Å². The van der Waals surface area contributed by atoms with Crippen molar-refractivity contribution in [1.82, 2.24) is 19.5 Å². The Hall–Kier alpha value is -2.99. The standard InChI is InChI=1S/C17H16F2N5O6P/c1-16(26)13(18)17(19,7-28-31(27)30-9-5-3-2-4-6-9)29-14(16)24-8-21-10-11(24)22-15(20)23-12(10)25/h2-6,8,13-14,26H,7H2,1H3,(H2-,20,22,23,25)/p+1/t13-,14+,16+,17+/m0/s1. The lowest BCUT2D eigenvalue weighted by Crippen LogP contribution is -2.46. The number of hydrogen-bond acceptors (Lipinski definition) is 9. The van der Waals surface area contributed by atoms with Gasteiger partial charge in [-0.1, -0.05) is 18.2 Å². The van der Waals surface area contributed by atoms with Crippen molar-refractivity contribution in [2.45, 2.75) is 30.8 Å². The second-order valence-corrected chi connectivity index (χ2v) is 7.91. The number of nitrogen functional groups attached to an aromatic ring is 1. The minimum Gasteiger partial charge on any atom is -0.382 e. The molecule has 1 aliphatic heterocycles. The van der Waals surface area contributed by atoms with Crippen molar-refractivity contribution in [1.29, 1.82) is 0 Å². The number of hydrogen-bond donors (Lipinski definition) is 3. The molecule has 0 amide bonds. The fraction of sp³-hybridized carbons (Fsp3) is 0.353. The Bertz CT molecular complexity index is 1190. The van der Waals surface area contributed by atoms with Gasteiger partial charge in [-0.15, -0.1) is 4.52 Å². The summed E-state index contributed by atoms with van der Waals surface area (Å²) in [6.45, 7) is -0.155. The van der Waals surface area contributed by atoms with Crippen LogP contribution >= 0.6 is 8.25 Å². The van der Waals surface area contributed by atoms with E-state index in [4.69, 9.17) is 19.5 Å². The number of rotatable bonds is 6. The Balaban J connectivity index is 1.56. The smallest absolute Gasteiger partial charge is 0.382 e. The molecular weight excluding hydrogens is 439 g/mol. The van der Waals surface area contributed by atoms with Crippen LogP contribution in [-0.2, 0) is 13.8 Å². The molecule has 1 fully saturated rings. The number of aromatic amines is 1. The van der Waals surface area contributed by atoms with E-state index in [1.807, 2.05) is 0 Å². The molecule has 4 rings (SSSR count). The van der Waals surface area contributed by atoms with Crippen molar-refractivity contribution in [3.8, 4) is 5.75 Å². The number of aliphatic hydroxyl groups is 1. The molecule has 1 unspecified atom stereocenters. The van der Waals surface area contributed by atoms with E-state index >= 15 is 4.39 Å². The van der Waals surface area contributed by atoms with Crippen molar-refractivity contribution in [2.24, 2.45) is 0 Å². The number of H-pyrrole nitrogens is 1. The van der Waals surface area contributed by atoms with Crippen molar-refractivity contribution in [3.63, 3.8) is 0 Å². The summed E-state index contributed by atoms with van der Waals surface area (Å²) in [7, 11) is -2.86. The van der Waals surface area contributed by atoms with Crippen LogP contribution in [0.3, 0.4) is 0 Å². The Kier molecular flexibility index (Phi) is 5.21. The van der Waals surface area contributed by atoms with Gasteiger partial charge in [-0.3, -0.25) is 14.3 Å². The Morgan fingerprint density at radius 3 is 2.84 bits per heavy atom. The number of alkyl halides is 2. The molecular formula is C17H17F2N5O6P+. The molecule has 1 saturated heterocycles. The molecule has 5 atom stereocenters. The molecule has 14 heteroatoms. The van der Waals surface area contributed by atoms with E-state index < -0.39 is 44.3 Å². The van der Waals surface area contributed by atoms with Gasteiger partial charge in [0.15, 0.2) is 35.9 Å². The lowest BCUT2D eigenvalue weighted by molar-refractivity contribution is -0.191. The summed E-state index contributed by atoms with van der Waals surface area (Å²) in [5, 5.41) is 10.6. The van der Waals surface area contributed by atoms with Gasteiger partial charge in [0, 0.05) is 4.57 Å². The number of aromatic nitrogens is 4. The van der Waals surface area contributed by atoms with Crippen molar-refractivity contribution in [2.75, 3.05) is 12.3 Å². The number of imidazole rings is 1. The van der Waals surface area contributed by atoms with Gasteiger partial charge < -0.3 is 15.6 Å². The fourth-order valence-electron chi connectivity index (χ4n) is 3.22. The van der Waals surface area contributed by atoms with Crippen LogP contribution in [0.25, 0.3) is 11.2 Å². The number of nitrogens with one attached hydrogen (secondary N) is 1. The highest BCUT2D eigenvalue weighted by molar-refractivity contribution is 7.33. The molecule has 2 aromatic heterocycles. The number of nitrogens with zero attached hydrogens (tertiary/aromatic N) is 3. The fourth-order valence-corrected chi connectivity index (χ4v) is 3.85. The summed E-state index contributed by atoms with van der Waals surface area (Å²) >= 11 is 0. The predicted molar refractivity (Wildman–Crippen MR) is 103 cm³/mol. The molecule has 31 heavy (non-hydrogen) atoms. The number of fused-ring (bicyclic) bond motifs is 1. The zero-order valence-electron chi connectivity index (χ0n) is 15.9. The highest BCUT2D eigenvalue weighted by atomic mass is 31.1. The van der Waals surface area contributed by atoms with Crippen LogP contribution < -0.4 is 15.8 Å². The molecule has 4 N–H and O–H groups in total. The highest BCUT2D eigenvalue weighted by Crippen LogP contribution is 2.48. The summed E-state index contributed by atoms with van der Waals surface area (Å²) < 4.78 is 58.1. The maximum Gasteiger partial charge on any atom is 0.750 e. The summed E-state index contributed by atoms with van der Waals surface area (Å²) in [6.07, 6.45) is -3.28. The van der Waals surface area contributed by atoms with Gasteiger partial charge in [-0.25, -0.2) is 18.3 Å². The van der Waals surface area contributed by atoms with Crippen molar-refractivity contribution < 1.29 is 32.2 Å². The van der Waals surface area contributed by atoms with Crippen LogP contribution in [0.2, 0.25) is 0 Å². The number of para-hydroxylation sites is 1. The average molecular weight is 456 g/mol. The first kappa shape index (κ1) is 21.2. The second kappa shape index (κ2) is 7.61. The van der Waals surface area contributed by atoms with Gasteiger partial charge in [0.25, 0.3) is 11.4 Å². The molecule has 164 valence electrons. The van der Waals surface area contributed by atoms with E-state index in [-0.39, 0.29) is 22.9 Å². The van der Waals surface area contributed by atoms with Crippen LogP contribution in [0.1, 0.15) is 13.2 Å². The molecule has 3 heterocycles. The minimum atomic E-state index is -3.19. The summed E-state index contributed by atoms with van der Waals surface area (Å²) in [4.78, 5) is 21.9. The zero-order valence-corrected chi connectivity index (χ0v) is 16.8.